The van der Waals surface area contributed by atoms with Gasteiger partial charge in [-0.05, 0) is 25.1 Å². The Morgan fingerprint density at radius 2 is 2.29 bits per heavy atom. The second-order valence-corrected chi connectivity index (χ2v) is 4.28. The zero-order chi connectivity index (χ0) is 12.8. The van der Waals surface area contributed by atoms with E-state index < -0.39 is 0 Å². The second-order valence-electron chi connectivity index (χ2n) is 3.36. The molecule has 1 rings (SSSR count). The van der Waals surface area contributed by atoms with Gasteiger partial charge in [-0.3, -0.25) is 4.79 Å². The predicted octanol–water partition coefficient (Wildman–Crippen LogP) is 2.32. The quantitative estimate of drug-likeness (QED) is 0.800. The molecule has 0 aromatic heterocycles. The number of nitrogens with zero attached hydrogens (tertiary/aromatic N) is 2. The lowest BCUT2D eigenvalue weighted by atomic mass is 10.1. The smallest absolute Gasteiger partial charge is 0.325 e. The monoisotopic (exact) mass is 296 g/mol. The van der Waals surface area contributed by atoms with Gasteiger partial charge in [0.05, 0.1) is 18.4 Å². The highest BCUT2D eigenvalue weighted by Crippen LogP contribution is 2.24. The lowest BCUT2D eigenvalue weighted by molar-refractivity contribution is -0.138. The third kappa shape index (κ3) is 3.46. The van der Waals surface area contributed by atoms with E-state index in [1.807, 2.05) is 13.0 Å². The van der Waals surface area contributed by atoms with Crippen molar-refractivity contribution >= 4 is 27.6 Å². The van der Waals surface area contributed by atoms with Crippen LogP contribution in [-0.4, -0.2) is 26.2 Å². The number of nitriles is 1. The van der Waals surface area contributed by atoms with Gasteiger partial charge in [0.2, 0.25) is 0 Å². The number of ether oxygens (including phenoxy) is 1. The van der Waals surface area contributed by atoms with Crippen LogP contribution in [0.5, 0.6) is 0 Å². The largest absolute Gasteiger partial charge is 0.468 e. The van der Waals surface area contributed by atoms with Crippen molar-refractivity contribution in [3.05, 3.63) is 28.2 Å². The van der Waals surface area contributed by atoms with Gasteiger partial charge in [-0.2, -0.15) is 5.26 Å². The van der Waals surface area contributed by atoms with Gasteiger partial charge in [0.15, 0.2) is 0 Å². The van der Waals surface area contributed by atoms with Crippen molar-refractivity contribution in [1.29, 1.82) is 5.26 Å². The first-order valence-electron chi connectivity index (χ1n) is 5.13. The minimum absolute atomic E-state index is 0.137. The van der Waals surface area contributed by atoms with Gasteiger partial charge in [0.1, 0.15) is 12.6 Å². The van der Waals surface area contributed by atoms with E-state index in [-0.39, 0.29) is 12.5 Å². The number of hydrogen-bond donors (Lipinski definition) is 0. The molecule has 1 aromatic rings. The predicted molar refractivity (Wildman–Crippen MR) is 68.8 cm³/mol. The number of carbonyl (C=O) groups excluding carboxylic acids is 1. The van der Waals surface area contributed by atoms with E-state index in [0.29, 0.717) is 12.1 Å². The van der Waals surface area contributed by atoms with Crippen molar-refractivity contribution in [2.75, 3.05) is 25.1 Å². The number of carbonyl (C=O) groups is 1. The van der Waals surface area contributed by atoms with E-state index in [1.165, 1.54) is 7.11 Å². The Labute approximate surface area is 109 Å². The van der Waals surface area contributed by atoms with Gasteiger partial charge >= 0.3 is 5.97 Å². The Morgan fingerprint density at radius 1 is 1.59 bits per heavy atom. The van der Waals surface area contributed by atoms with E-state index in [0.717, 1.165) is 10.2 Å². The Hall–Kier alpha value is -1.54. The highest BCUT2D eigenvalue weighted by Gasteiger charge is 2.14. The highest BCUT2D eigenvalue weighted by atomic mass is 79.9. The number of halogens is 1. The summed E-state index contributed by atoms with van der Waals surface area (Å²) in [7, 11) is 1.35. The van der Waals surface area contributed by atoms with Crippen molar-refractivity contribution < 1.29 is 9.53 Å². The minimum atomic E-state index is -0.323. The molecule has 0 aliphatic carbocycles. The molecule has 0 bridgehead atoms. The summed E-state index contributed by atoms with van der Waals surface area (Å²) >= 11 is 3.35. The molecule has 0 radical (unpaired) electrons. The van der Waals surface area contributed by atoms with E-state index in [4.69, 9.17) is 5.26 Å². The lowest BCUT2D eigenvalue weighted by Crippen LogP contribution is -2.30. The average Bonchev–Trinajstić information content (AvgIpc) is 2.35. The van der Waals surface area contributed by atoms with E-state index in [2.05, 4.69) is 26.7 Å². The van der Waals surface area contributed by atoms with Gasteiger partial charge < -0.3 is 9.64 Å². The molecule has 5 heteroatoms. The second kappa shape index (κ2) is 6.26. The highest BCUT2D eigenvalue weighted by molar-refractivity contribution is 9.10. The standard InChI is InChI=1S/C12H13BrN2O2/c1-3-15(8-12(16)17-2)11-6-10(13)5-4-9(11)7-14/h4-6H,3,8H2,1-2H3. The summed E-state index contributed by atoms with van der Waals surface area (Å²) in [5.41, 5.74) is 1.27. The minimum Gasteiger partial charge on any atom is -0.468 e. The molecular formula is C12H13BrN2O2. The van der Waals surface area contributed by atoms with Crippen molar-refractivity contribution in [1.82, 2.24) is 0 Å². The van der Waals surface area contributed by atoms with Gasteiger partial charge in [-0.1, -0.05) is 15.9 Å². The molecule has 0 atom stereocenters. The maximum Gasteiger partial charge on any atom is 0.325 e. The normalized spacial score (nSPS) is 9.53. The molecule has 0 saturated heterocycles. The van der Waals surface area contributed by atoms with Crippen molar-refractivity contribution in [2.24, 2.45) is 0 Å². The molecule has 0 aliphatic heterocycles. The summed E-state index contributed by atoms with van der Waals surface area (Å²) in [6, 6.07) is 7.46. The van der Waals surface area contributed by atoms with Crippen LogP contribution in [0, 0.1) is 11.3 Å². The van der Waals surface area contributed by atoms with E-state index >= 15 is 0 Å². The van der Waals surface area contributed by atoms with Crippen LogP contribution < -0.4 is 4.90 Å². The van der Waals surface area contributed by atoms with Gasteiger partial charge in [0.25, 0.3) is 0 Å². The van der Waals surface area contributed by atoms with E-state index in [9.17, 15) is 4.79 Å². The topological polar surface area (TPSA) is 53.3 Å². The van der Waals surface area contributed by atoms with Crippen LogP contribution in [0.25, 0.3) is 0 Å². The maximum absolute atomic E-state index is 11.3. The molecule has 1 aromatic carbocycles. The molecule has 17 heavy (non-hydrogen) atoms. The summed E-state index contributed by atoms with van der Waals surface area (Å²) in [5, 5.41) is 9.04. The molecule has 0 heterocycles. The number of hydrogen-bond acceptors (Lipinski definition) is 4. The summed E-state index contributed by atoms with van der Waals surface area (Å²) in [6.45, 7) is 2.68. The third-order valence-electron chi connectivity index (χ3n) is 2.35. The van der Waals surface area contributed by atoms with Crippen LogP contribution in [0.4, 0.5) is 5.69 Å². The molecule has 0 N–H and O–H groups in total. The molecule has 0 spiro atoms. The molecule has 0 fully saturated rings. The van der Waals surface area contributed by atoms with Crippen molar-refractivity contribution in [2.45, 2.75) is 6.92 Å². The molecule has 0 aliphatic rings. The van der Waals surface area contributed by atoms with Crippen LogP contribution in [0.1, 0.15) is 12.5 Å². The number of methoxy groups -OCH3 is 1. The van der Waals surface area contributed by atoms with E-state index in [1.54, 1.807) is 17.0 Å². The van der Waals surface area contributed by atoms with Crippen LogP contribution in [-0.2, 0) is 9.53 Å². The zero-order valence-electron chi connectivity index (χ0n) is 9.74. The molecule has 90 valence electrons. The van der Waals surface area contributed by atoms with Crippen LogP contribution >= 0.6 is 15.9 Å². The summed E-state index contributed by atoms with van der Waals surface area (Å²) in [5.74, 6) is -0.323. The van der Waals surface area contributed by atoms with Gasteiger partial charge in [-0.25, -0.2) is 0 Å². The Morgan fingerprint density at radius 3 is 2.82 bits per heavy atom. The van der Waals surface area contributed by atoms with Gasteiger partial charge in [-0.15, -0.1) is 0 Å². The molecular weight excluding hydrogens is 284 g/mol. The number of rotatable bonds is 4. The number of anilines is 1. The Kier molecular flexibility index (Phi) is 4.98. The van der Waals surface area contributed by atoms with Crippen molar-refractivity contribution in [3.63, 3.8) is 0 Å². The fraction of sp³-hybridized carbons (Fsp3) is 0.333. The average molecular weight is 297 g/mol. The third-order valence-corrected chi connectivity index (χ3v) is 2.84. The molecule has 0 unspecified atom stereocenters. The summed E-state index contributed by atoms with van der Waals surface area (Å²) < 4.78 is 5.50. The Balaban J connectivity index is 3.06. The maximum atomic E-state index is 11.3. The number of esters is 1. The molecule has 0 saturated carbocycles. The van der Waals surface area contributed by atoms with Crippen LogP contribution in [0.15, 0.2) is 22.7 Å². The molecule has 0 amide bonds. The van der Waals surface area contributed by atoms with Crippen molar-refractivity contribution in [3.8, 4) is 6.07 Å². The summed E-state index contributed by atoms with van der Waals surface area (Å²) in [4.78, 5) is 13.1. The first-order valence-corrected chi connectivity index (χ1v) is 5.93. The van der Waals surface area contributed by atoms with Crippen LogP contribution in [0.2, 0.25) is 0 Å². The molecule has 4 nitrogen and oxygen atoms in total. The van der Waals surface area contributed by atoms with Crippen LogP contribution in [0.3, 0.4) is 0 Å². The number of benzene rings is 1. The zero-order valence-corrected chi connectivity index (χ0v) is 11.3. The fourth-order valence-electron chi connectivity index (χ4n) is 1.45. The lowest BCUT2D eigenvalue weighted by Gasteiger charge is -2.22. The summed E-state index contributed by atoms with van der Waals surface area (Å²) in [6.07, 6.45) is 0. The number of likely N-dealkylation sites (N-methyl/N-ethyl adjacent to an activating group) is 1. The SMILES string of the molecule is CCN(CC(=O)OC)c1cc(Br)ccc1C#N. The first-order chi connectivity index (χ1) is 8.12. The Bertz CT molecular complexity index is 454. The fourth-order valence-corrected chi connectivity index (χ4v) is 1.80. The first kappa shape index (κ1) is 13.5. The van der Waals surface area contributed by atoms with Gasteiger partial charge in [0, 0.05) is 11.0 Å².